The fraction of sp³-hybridized carbons (Fsp3) is 0.455. The first-order valence-corrected chi connectivity index (χ1v) is 5.69. The van der Waals surface area contributed by atoms with Gasteiger partial charge in [0.05, 0.1) is 4.88 Å². The highest BCUT2D eigenvalue weighted by Gasteiger charge is 2.05. The maximum atomic E-state index is 5.87. The van der Waals surface area contributed by atoms with Crippen molar-refractivity contribution in [1.29, 1.82) is 0 Å². The molecule has 0 unspecified atom stereocenters. The number of thiophene rings is 1. The van der Waals surface area contributed by atoms with Crippen molar-refractivity contribution < 1.29 is 0 Å². The molecule has 0 spiro atoms. The number of hydrogen-bond acceptors (Lipinski definition) is 2. The van der Waals surface area contributed by atoms with E-state index < -0.39 is 0 Å². The van der Waals surface area contributed by atoms with Crippen molar-refractivity contribution in [3.8, 4) is 0 Å². The van der Waals surface area contributed by atoms with E-state index in [-0.39, 0.29) is 0 Å². The summed E-state index contributed by atoms with van der Waals surface area (Å²) in [5.41, 5.74) is 8.21. The Morgan fingerprint density at radius 3 is 2.77 bits per heavy atom. The van der Waals surface area contributed by atoms with E-state index in [4.69, 9.17) is 5.73 Å². The summed E-state index contributed by atoms with van der Waals surface area (Å²) in [5, 5.41) is 2.06. The van der Waals surface area contributed by atoms with Gasteiger partial charge in [-0.1, -0.05) is 26.3 Å². The standard InChI is InChI=1S/C11H17NS/c1-3-5-9(6-4-2)11-10(12)7-8-13-11/h5,7-8H,3-4,6,12H2,1-2H3/b9-5-. The number of anilines is 1. The molecule has 1 aromatic rings. The lowest BCUT2D eigenvalue weighted by molar-refractivity contribution is 0.970. The Labute approximate surface area is 84.3 Å². The van der Waals surface area contributed by atoms with Crippen molar-refractivity contribution in [3.63, 3.8) is 0 Å². The van der Waals surface area contributed by atoms with Gasteiger partial charge in [0.1, 0.15) is 0 Å². The van der Waals surface area contributed by atoms with Crippen LogP contribution in [0.1, 0.15) is 38.0 Å². The molecule has 13 heavy (non-hydrogen) atoms. The Morgan fingerprint density at radius 2 is 2.31 bits per heavy atom. The highest BCUT2D eigenvalue weighted by Crippen LogP contribution is 2.30. The third kappa shape index (κ3) is 2.59. The molecule has 0 aromatic carbocycles. The monoisotopic (exact) mass is 195 g/mol. The Kier molecular flexibility index (Phi) is 4.03. The summed E-state index contributed by atoms with van der Waals surface area (Å²) in [5.74, 6) is 0. The average molecular weight is 195 g/mol. The SMILES string of the molecule is CC/C=C(/CCC)c1sccc1N. The normalized spacial score (nSPS) is 12.0. The number of nitrogens with two attached hydrogens (primary N) is 1. The minimum absolute atomic E-state index is 0.929. The van der Waals surface area contributed by atoms with Crippen molar-refractivity contribution in [1.82, 2.24) is 0 Å². The minimum atomic E-state index is 0.929. The van der Waals surface area contributed by atoms with E-state index >= 15 is 0 Å². The molecule has 0 aliphatic carbocycles. The molecule has 2 heteroatoms. The maximum absolute atomic E-state index is 5.87. The first kappa shape index (κ1) is 10.3. The molecule has 72 valence electrons. The molecule has 0 fully saturated rings. The summed E-state index contributed by atoms with van der Waals surface area (Å²) in [4.78, 5) is 1.27. The highest BCUT2D eigenvalue weighted by molar-refractivity contribution is 7.11. The lowest BCUT2D eigenvalue weighted by Gasteiger charge is -2.04. The van der Waals surface area contributed by atoms with Crippen LogP contribution in [0.5, 0.6) is 0 Å². The van der Waals surface area contributed by atoms with E-state index in [0.29, 0.717) is 0 Å². The largest absolute Gasteiger partial charge is 0.398 e. The number of allylic oxidation sites excluding steroid dienone is 2. The zero-order valence-electron chi connectivity index (χ0n) is 8.34. The molecule has 2 N–H and O–H groups in total. The Hall–Kier alpha value is -0.760. The molecule has 0 bridgehead atoms. The zero-order chi connectivity index (χ0) is 9.68. The van der Waals surface area contributed by atoms with Crippen LogP contribution in [-0.2, 0) is 0 Å². The van der Waals surface area contributed by atoms with Crippen LogP contribution in [0.4, 0.5) is 5.69 Å². The van der Waals surface area contributed by atoms with Crippen LogP contribution >= 0.6 is 11.3 Å². The number of nitrogen functional groups attached to an aromatic ring is 1. The van der Waals surface area contributed by atoms with Gasteiger partial charge in [-0.2, -0.15) is 0 Å². The number of hydrogen-bond donors (Lipinski definition) is 1. The summed E-state index contributed by atoms with van der Waals surface area (Å²) in [6, 6.07) is 1.99. The molecule has 0 saturated heterocycles. The van der Waals surface area contributed by atoms with Crippen LogP contribution < -0.4 is 5.73 Å². The summed E-state index contributed by atoms with van der Waals surface area (Å²) >= 11 is 1.74. The molecule has 0 radical (unpaired) electrons. The molecule has 0 aliphatic heterocycles. The molecular formula is C11H17NS. The van der Waals surface area contributed by atoms with Crippen molar-refractivity contribution in [3.05, 3.63) is 22.4 Å². The van der Waals surface area contributed by atoms with E-state index in [2.05, 4.69) is 25.3 Å². The minimum Gasteiger partial charge on any atom is -0.398 e. The van der Waals surface area contributed by atoms with Gasteiger partial charge >= 0.3 is 0 Å². The molecule has 1 nitrogen and oxygen atoms in total. The fourth-order valence-corrected chi connectivity index (χ4v) is 2.30. The van der Waals surface area contributed by atoms with Crippen molar-refractivity contribution in [2.75, 3.05) is 5.73 Å². The van der Waals surface area contributed by atoms with Gasteiger partial charge in [-0.25, -0.2) is 0 Å². The molecule has 0 atom stereocenters. The van der Waals surface area contributed by atoms with Crippen molar-refractivity contribution in [2.24, 2.45) is 0 Å². The van der Waals surface area contributed by atoms with Gasteiger partial charge in [0.25, 0.3) is 0 Å². The van der Waals surface area contributed by atoms with E-state index in [9.17, 15) is 0 Å². The van der Waals surface area contributed by atoms with Gasteiger partial charge in [0.2, 0.25) is 0 Å². The van der Waals surface area contributed by atoms with E-state index in [1.807, 2.05) is 6.07 Å². The van der Waals surface area contributed by atoms with E-state index in [1.165, 1.54) is 16.9 Å². The van der Waals surface area contributed by atoms with Gasteiger partial charge < -0.3 is 5.73 Å². The second-order valence-corrected chi connectivity index (χ2v) is 4.01. The highest BCUT2D eigenvalue weighted by atomic mass is 32.1. The zero-order valence-corrected chi connectivity index (χ0v) is 9.16. The molecule has 1 heterocycles. The Bertz CT molecular complexity index is 286. The van der Waals surface area contributed by atoms with Crippen LogP contribution in [-0.4, -0.2) is 0 Å². The predicted octanol–water partition coefficient (Wildman–Crippen LogP) is 3.92. The van der Waals surface area contributed by atoms with Crippen LogP contribution in [0.3, 0.4) is 0 Å². The van der Waals surface area contributed by atoms with Gasteiger partial charge in [0.15, 0.2) is 0 Å². The molecule has 0 amide bonds. The Morgan fingerprint density at radius 1 is 1.54 bits per heavy atom. The summed E-state index contributed by atoms with van der Waals surface area (Å²) < 4.78 is 0. The smallest absolute Gasteiger partial charge is 0.0528 e. The van der Waals surface area contributed by atoms with E-state index in [0.717, 1.165) is 18.5 Å². The van der Waals surface area contributed by atoms with Crippen LogP contribution in [0, 0.1) is 0 Å². The fourth-order valence-electron chi connectivity index (χ4n) is 1.40. The second kappa shape index (κ2) is 5.07. The summed E-state index contributed by atoms with van der Waals surface area (Å²) in [6.45, 7) is 4.37. The van der Waals surface area contributed by atoms with Gasteiger partial charge in [-0.15, -0.1) is 11.3 Å². The predicted molar refractivity (Wildman–Crippen MR) is 61.9 cm³/mol. The summed E-state index contributed by atoms with van der Waals surface area (Å²) in [7, 11) is 0. The third-order valence-electron chi connectivity index (χ3n) is 1.96. The molecule has 1 rings (SSSR count). The van der Waals surface area contributed by atoms with Crippen molar-refractivity contribution >= 4 is 22.6 Å². The van der Waals surface area contributed by atoms with Crippen LogP contribution in [0.2, 0.25) is 0 Å². The molecule has 1 aromatic heterocycles. The average Bonchev–Trinajstić information content (AvgIpc) is 2.51. The van der Waals surface area contributed by atoms with Crippen molar-refractivity contribution in [2.45, 2.75) is 33.1 Å². The lowest BCUT2D eigenvalue weighted by atomic mass is 10.1. The topological polar surface area (TPSA) is 26.0 Å². The van der Waals surface area contributed by atoms with Crippen LogP contribution in [0.25, 0.3) is 5.57 Å². The quantitative estimate of drug-likeness (QED) is 0.774. The molecule has 0 aliphatic rings. The molecule has 0 saturated carbocycles. The van der Waals surface area contributed by atoms with E-state index in [1.54, 1.807) is 11.3 Å². The van der Waals surface area contributed by atoms with Crippen LogP contribution in [0.15, 0.2) is 17.5 Å². The Balaban J connectivity index is 2.88. The lowest BCUT2D eigenvalue weighted by Crippen LogP contribution is -1.88. The number of rotatable bonds is 4. The maximum Gasteiger partial charge on any atom is 0.0528 e. The van der Waals surface area contributed by atoms with Gasteiger partial charge in [-0.05, 0) is 29.9 Å². The third-order valence-corrected chi connectivity index (χ3v) is 2.96. The van der Waals surface area contributed by atoms with Gasteiger partial charge in [-0.3, -0.25) is 0 Å². The van der Waals surface area contributed by atoms with Gasteiger partial charge in [0, 0.05) is 5.69 Å². The first-order chi connectivity index (χ1) is 6.29. The summed E-state index contributed by atoms with van der Waals surface area (Å²) in [6.07, 6.45) is 5.69. The first-order valence-electron chi connectivity index (χ1n) is 4.82. The second-order valence-electron chi connectivity index (χ2n) is 3.09. The molecular weight excluding hydrogens is 178 g/mol.